The molecule has 3 heterocycles. The molecule has 1 saturated carbocycles. The van der Waals surface area contributed by atoms with E-state index < -0.39 is 15.8 Å². The molecule has 5 rings (SSSR count). The topological polar surface area (TPSA) is 153 Å². The van der Waals surface area contributed by atoms with E-state index in [2.05, 4.69) is 35.7 Å². The van der Waals surface area contributed by atoms with Gasteiger partial charge in [0.15, 0.2) is 20.5 Å². The molecule has 0 amide bonds. The van der Waals surface area contributed by atoms with Crippen LogP contribution in [0.5, 0.6) is 0 Å². The highest BCUT2D eigenvalue weighted by Gasteiger charge is 2.27. The summed E-state index contributed by atoms with van der Waals surface area (Å²) in [5.41, 5.74) is 2.15. The Morgan fingerprint density at radius 2 is 1.82 bits per heavy atom. The minimum atomic E-state index is -3.54. The van der Waals surface area contributed by atoms with Gasteiger partial charge < -0.3 is 20.6 Å². The molecular formula is C21H25N7O4S. The van der Waals surface area contributed by atoms with Crippen molar-refractivity contribution in [2.24, 2.45) is 5.92 Å². The number of piperidine rings is 1. The van der Waals surface area contributed by atoms with E-state index >= 15 is 0 Å². The molecule has 0 bridgehead atoms. The van der Waals surface area contributed by atoms with Crippen LogP contribution in [0.3, 0.4) is 0 Å². The number of aromatic nitrogens is 4. The minimum absolute atomic E-state index is 0.0665. The minimum Gasteiger partial charge on any atom is -0.481 e. The van der Waals surface area contributed by atoms with Crippen LogP contribution in [0.1, 0.15) is 25.7 Å². The monoisotopic (exact) mass is 471 g/mol. The number of carboxylic acid groups (broad SMARTS) is 1. The van der Waals surface area contributed by atoms with Crippen molar-refractivity contribution in [3.05, 3.63) is 24.3 Å². The number of hydrogen-bond donors (Lipinski definition) is 4. The van der Waals surface area contributed by atoms with Crippen molar-refractivity contribution < 1.29 is 18.3 Å². The zero-order valence-corrected chi connectivity index (χ0v) is 18.9. The van der Waals surface area contributed by atoms with Crippen LogP contribution in [0.2, 0.25) is 0 Å². The fourth-order valence-corrected chi connectivity index (χ4v) is 4.80. The number of benzene rings is 1. The standard InChI is InChI=1S/C21H25N7O4S/c1-33(31,32)19-16-17(22-13-2-3-13)24-21(25-18(16)26-27-19)23-14-4-6-15(7-5-14)28-10-8-12(9-11-28)20(29)30/h4-7,12-13H,2-3,8-11H2,1H3,(H,29,30)(H3,22,23,24,25,26,27). The van der Waals surface area contributed by atoms with Crippen LogP contribution < -0.4 is 15.5 Å². The Labute approximate surface area is 190 Å². The molecule has 4 N–H and O–H groups in total. The third-order valence-corrected chi connectivity index (χ3v) is 6.99. The Hall–Kier alpha value is -3.41. The summed E-state index contributed by atoms with van der Waals surface area (Å²) in [7, 11) is -3.54. The van der Waals surface area contributed by atoms with Crippen molar-refractivity contribution in [3.63, 3.8) is 0 Å². The summed E-state index contributed by atoms with van der Waals surface area (Å²) in [6.45, 7) is 1.42. The lowest BCUT2D eigenvalue weighted by Crippen LogP contribution is -2.36. The predicted molar refractivity (Wildman–Crippen MR) is 124 cm³/mol. The number of aromatic amines is 1. The van der Waals surface area contributed by atoms with E-state index in [9.17, 15) is 18.3 Å². The lowest BCUT2D eigenvalue weighted by atomic mass is 9.97. The van der Waals surface area contributed by atoms with Crippen LogP contribution in [-0.2, 0) is 14.6 Å². The molecule has 12 heteroatoms. The molecule has 1 aromatic carbocycles. The van der Waals surface area contributed by atoms with Gasteiger partial charge in [0, 0.05) is 36.8 Å². The van der Waals surface area contributed by atoms with Crippen LogP contribution in [0.25, 0.3) is 11.0 Å². The quantitative estimate of drug-likeness (QED) is 0.404. The van der Waals surface area contributed by atoms with Gasteiger partial charge in [-0.2, -0.15) is 15.1 Å². The number of carboxylic acids is 1. The Morgan fingerprint density at radius 3 is 2.42 bits per heavy atom. The van der Waals surface area contributed by atoms with Gasteiger partial charge in [-0.15, -0.1) is 0 Å². The van der Waals surface area contributed by atoms with Crippen LogP contribution in [0, 0.1) is 5.92 Å². The van der Waals surface area contributed by atoms with E-state index in [1.807, 2.05) is 24.3 Å². The average molecular weight is 472 g/mol. The second kappa shape index (κ2) is 8.18. The average Bonchev–Trinajstić information content (AvgIpc) is 3.48. The number of aliphatic carboxylic acids is 1. The molecule has 11 nitrogen and oxygen atoms in total. The highest BCUT2D eigenvalue weighted by Crippen LogP contribution is 2.32. The number of anilines is 4. The van der Waals surface area contributed by atoms with E-state index in [1.54, 1.807) is 0 Å². The summed E-state index contributed by atoms with van der Waals surface area (Å²) in [5.74, 6) is -0.220. The number of sulfone groups is 1. The smallest absolute Gasteiger partial charge is 0.306 e. The Bertz CT molecular complexity index is 1290. The van der Waals surface area contributed by atoms with E-state index in [0.717, 1.165) is 30.5 Å². The molecule has 1 aliphatic heterocycles. The molecule has 0 unspecified atom stereocenters. The molecular weight excluding hydrogens is 446 g/mol. The SMILES string of the molecule is CS(=O)(=O)c1n[nH]c2nc(Nc3ccc(N4CCC(C(=O)O)CC4)cc3)nc(NC3CC3)c12. The largest absolute Gasteiger partial charge is 0.481 e. The third-order valence-electron chi connectivity index (χ3n) is 5.99. The van der Waals surface area contributed by atoms with Crippen molar-refractivity contribution in [1.29, 1.82) is 0 Å². The zero-order valence-electron chi connectivity index (χ0n) is 18.1. The van der Waals surface area contributed by atoms with Crippen LogP contribution in [0.15, 0.2) is 29.3 Å². The van der Waals surface area contributed by atoms with Crippen LogP contribution in [0.4, 0.5) is 23.1 Å². The number of H-pyrrole nitrogens is 1. The van der Waals surface area contributed by atoms with Gasteiger partial charge in [0.1, 0.15) is 11.2 Å². The Morgan fingerprint density at radius 1 is 1.12 bits per heavy atom. The second-order valence-electron chi connectivity index (χ2n) is 8.61. The number of carbonyl (C=O) groups is 1. The first-order valence-corrected chi connectivity index (χ1v) is 12.7. The highest BCUT2D eigenvalue weighted by molar-refractivity contribution is 7.90. The fourth-order valence-electron chi connectivity index (χ4n) is 4.02. The number of nitrogens with zero attached hydrogens (tertiary/aromatic N) is 4. The first kappa shape index (κ1) is 21.4. The molecule has 1 aliphatic carbocycles. The normalized spacial score (nSPS) is 17.3. The summed E-state index contributed by atoms with van der Waals surface area (Å²) >= 11 is 0. The molecule has 174 valence electrons. The predicted octanol–water partition coefficient (Wildman–Crippen LogP) is 2.38. The summed E-state index contributed by atoms with van der Waals surface area (Å²) in [5, 5.41) is 22.6. The first-order valence-electron chi connectivity index (χ1n) is 10.9. The molecule has 1 saturated heterocycles. The molecule has 0 radical (unpaired) electrons. The Balaban J connectivity index is 1.36. The van der Waals surface area contributed by atoms with Gasteiger partial charge in [-0.05, 0) is 49.9 Å². The van der Waals surface area contributed by atoms with Gasteiger partial charge in [-0.25, -0.2) is 8.42 Å². The molecule has 0 spiro atoms. The lowest BCUT2D eigenvalue weighted by Gasteiger charge is -2.32. The van der Waals surface area contributed by atoms with Crippen molar-refractivity contribution in [2.45, 2.75) is 36.8 Å². The molecule has 0 atom stereocenters. The van der Waals surface area contributed by atoms with Gasteiger partial charge in [0.2, 0.25) is 5.95 Å². The zero-order chi connectivity index (χ0) is 23.2. The van der Waals surface area contributed by atoms with Crippen LogP contribution in [-0.4, -0.2) is 65.0 Å². The second-order valence-corrected chi connectivity index (χ2v) is 10.5. The van der Waals surface area contributed by atoms with E-state index in [0.29, 0.717) is 48.7 Å². The first-order chi connectivity index (χ1) is 15.8. The van der Waals surface area contributed by atoms with Gasteiger partial charge in [0.05, 0.1) is 5.92 Å². The molecule has 2 aromatic heterocycles. The van der Waals surface area contributed by atoms with Gasteiger partial charge >= 0.3 is 5.97 Å². The number of fused-ring (bicyclic) bond motifs is 1. The molecule has 2 fully saturated rings. The van der Waals surface area contributed by atoms with Crippen molar-refractivity contribution in [3.8, 4) is 0 Å². The fraction of sp³-hybridized carbons (Fsp3) is 0.429. The maximum absolute atomic E-state index is 12.1. The van der Waals surface area contributed by atoms with Gasteiger partial charge in [-0.3, -0.25) is 9.89 Å². The van der Waals surface area contributed by atoms with E-state index in [-0.39, 0.29) is 17.0 Å². The maximum Gasteiger partial charge on any atom is 0.306 e. The Kier molecular flexibility index (Phi) is 5.31. The number of nitrogens with one attached hydrogen (secondary N) is 3. The summed E-state index contributed by atoms with van der Waals surface area (Å²) < 4.78 is 24.3. The van der Waals surface area contributed by atoms with E-state index in [1.165, 1.54) is 0 Å². The third kappa shape index (κ3) is 4.56. The molecule has 3 aromatic rings. The number of rotatable bonds is 7. The van der Waals surface area contributed by atoms with Crippen molar-refractivity contribution in [2.75, 3.05) is 34.9 Å². The summed E-state index contributed by atoms with van der Waals surface area (Å²) in [4.78, 5) is 22.3. The number of hydrogen-bond acceptors (Lipinski definition) is 9. The summed E-state index contributed by atoms with van der Waals surface area (Å²) in [6, 6.07) is 8.04. The van der Waals surface area contributed by atoms with Crippen molar-refractivity contribution in [1.82, 2.24) is 20.2 Å². The van der Waals surface area contributed by atoms with Gasteiger partial charge in [0.25, 0.3) is 0 Å². The summed E-state index contributed by atoms with van der Waals surface area (Å²) in [6.07, 6.45) is 4.40. The highest BCUT2D eigenvalue weighted by atomic mass is 32.2. The molecule has 2 aliphatic rings. The van der Waals surface area contributed by atoms with E-state index in [4.69, 9.17) is 0 Å². The maximum atomic E-state index is 12.1. The van der Waals surface area contributed by atoms with Gasteiger partial charge in [-0.1, -0.05) is 0 Å². The van der Waals surface area contributed by atoms with Crippen LogP contribution >= 0.6 is 0 Å². The lowest BCUT2D eigenvalue weighted by molar-refractivity contribution is -0.142. The van der Waals surface area contributed by atoms with Crippen molar-refractivity contribution >= 4 is 50.0 Å². The molecule has 33 heavy (non-hydrogen) atoms.